The Hall–Kier alpha value is -2.56. The van der Waals surface area contributed by atoms with Crippen molar-refractivity contribution in [2.24, 2.45) is 0 Å². The van der Waals surface area contributed by atoms with Gasteiger partial charge in [-0.3, -0.25) is 4.57 Å². The fraction of sp³-hybridized carbons (Fsp3) is 0.263. The molecule has 28 heavy (non-hydrogen) atoms. The Morgan fingerprint density at radius 1 is 1.14 bits per heavy atom. The number of nitrogens with two attached hydrogens (primary N) is 1. The molecule has 1 fully saturated rings. The first-order valence-corrected chi connectivity index (χ1v) is 9.74. The fourth-order valence-electron chi connectivity index (χ4n) is 3.94. The van der Waals surface area contributed by atoms with Crippen LogP contribution in [0.25, 0.3) is 33.1 Å². The third-order valence-corrected chi connectivity index (χ3v) is 5.92. The molecule has 4 aromatic rings. The third-order valence-electron chi connectivity index (χ3n) is 5.24. The number of benzene rings is 1. The molecule has 0 radical (unpaired) electrons. The molecule has 0 amide bonds. The van der Waals surface area contributed by atoms with Crippen LogP contribution < -0.4 is 5.73 Å². The van der Waals surface area contributed by atoms with Crippen LogP contribution in [0.1, 0.15) is 6.23 Å². The quantitative estimate of drug-likeness (QED) is 0.412. The molecule has 4 atom stereocenters. The lowest BCUT2D eigenvalue weighted by Gasteiger charge is -2.18. The maximum Gasteiger partial charge on any atom is 0.165 e. The van der Waals surface area contributed by atoms with Crippen molar-refractivity contribution in [3.05, 3.63) is 41.4 Å². The summed E-state index contributed by atoms with van der Waals surface area (Å²) in [4.78, 5) is 8.54. The number of aliphatic hydroxyl groups is 3. The molecule has 0 bridgehead atoms. The lowest BCUT2D eigenvalue weighted by molar-refractivity contribution is -0.0489. The van der Waals surface area contributed by atoms with Crippen LogP contribution >= 0.6 is 11.3 Å². The van der Waals surface area contributed by atoms with Crippen LogP contribution in [-0.2, 0) is 4.74 Å². The fourth-order valence-corrected chi connectivity index (χ4v) is 4.59. The van der Waals surface area contributed by atoms with Gasteiger partial charge in [-0.15, -0.1) is 0 Å². The summed E-state index contributed by atoms with van der Waals surface area (Å²) in [5.41, 5.74) is 9.48. The lowest BCUT2D eigenvalue weighted by atomic mass is 10.0. The van der Waals surface area contributed by atoms with Gasteiger partial charge in [0, 0.05) is 5.39 Å². The second kappa shape index (κ2) is 6.50. The predicted molar refractivity (Wildman–Crippen MR) is 106 cm³/mol. The highest BCUT2D eigenvalue weighted by molar-refractivity contribution is 7.08. The molecule has 3 aromatic heterocycles. The highest BCUT2D eigenvalue weighted by Gasteiger charge is 2.44. The molecule has 144 valence electrons. The molecule has 0 spiro atoms. The zero-order valence-electron chi connectivity index (χ0n) is 14.6. The molecule has 0 unspecified atom stereocenters. The maximum absolute atomic E-state index is 10.6. The molecule has 5 rings (SSSR count). The topological polar surface area (TPSA) is 127 Å². The first-order valence-electron chi connectivity index (χ1n) is 8.80. The Morgan fingerprint density at radius 3 is 2.71 bits per heavy atom. The molecule has 4 heterocycles. The third kappa shape index (κ3) is 2.38. The molecule has 8 nitrogen and oxygen atoms in total. The van der Waals surface area contributed by atoms with Gasteiger partial charge in [0.1, 0.15) is 36.1 Å². The summed E-state index contributed by atoms with van der Waals surface area (Å²) >= 11 is 1.59. The van der Waals surface area contributed by atoms with Gasteiger partial charge in [0.25, 0.3) is 0 Å². The molecule has 1 aliphatic rings. The van der Waals surface area contributed by atoms with Crippen molar-refractivity contribution in [3.8, 4) is 11.1 Å². The van der Waals surface area contributed by atoms with E-state index in [4.69, 9.17) is 10.5 Å². The van der Waals surface area contributed by atoms with Crippen LogP contribution in [0.5, 0.6) is 0 Å². The van der Waals surface area contributed by atoms with Crippen molar-refractivity contribution in [2.75, 3.05) is 12.3 Å². The summed E-state index contributed by atoms with van der Waals surface area (Å²) in [5, 5.41) is 35.8. The molecule has 0 saturated carbocycles. The molecule has 1 saturated heterocycles. The maximum atomic E-state index is 10.6. The largest absolute Gasteiger partial charge is 0.394 e. The summed E-state index contributed by atoms with van der Waals surface area (Å²) in [6, 6.07) is 7.82. The van der Waals surface area contributed by atoms with Crippen molar-refractivity contribution < 1.29 is 20.1 Å². The summed E-state index contributed by atoms with van der Waals surface area (Å²) in [5.74, 6) is 0.322. The monoisotopic (exact) mass is 398 g/mol. The van der Waals surface area contributed by atoms with Crippen molar-refractivity contribution in [1.82, 2.24) is 14.5 Å². The van der Waals surface area contributed by atoms with Gasteiger partial charge in [-0.25, -0.2) is 9.97 Å². The van der Waals surface area contributed by atoms with Crippen LogP contribution in [0, 0.1) is 0 Å². The minimum absolute atomic E-state index is 0.322. The van der Waals surface area contributed by atoms with Crippen molar-refractivity contribution in [1.29, 1.82) is 0 Å². The zero-order valence-corrected chi connectivity index (χ0v) is 15.5. The molecular weight excluding hydrogens is 380 g/mol. The van der Waals surface area contributed by atoms with E-state index in [-0.39, 0.29) is 0 Å². The summed E-state index contributed by atoms with van der Waals surface area (Å²) in [6.45, 7) is -0.400. The Kier molecular flexibility index (Phi) is 4.07. The van der Waals surface area contributed by atoms with E-state index in [0.29, 0.717) is 16.9 Å². The number of fused-ring (bicyclic) bond motifs is 3. The number of rotatable bonds is 3. The normalized spacial score (nSPS) is 25.1. The van der Waals surface area contributed by atoms with Gasteiger partial charge in [-0.05, 0) is 34.0 Å². The predicted octanol–water partition coefficient (Wildman–Crippen LogP) is 1.51. The van der Waals surface area contributed by atoms with Crippen LogP contribution in [0.3, 0.4) is 0 Å². The van der Waals surface area contributed by atoms with Crippen LogP contribution in [-0.4, -0.2) is 54.8 Å². The van der Waals surface area contributed by atoms with E-state index >= 15 is 0 Å². The molecule has 1 aliphatic heterocycles. The number of thiophene rings is 1. The first kappa shape index (κ1) is 17.5. The average Bonchev–Trinajstić information content (AvgIpc) is 3.40. The second-order valence-electron chi connectivity index (χ2n) is 6.77. The number of aromatic nitrogens is 3. The van der Waals surface area contributed by atoms with Gasteiger partial charge in [-0.1, -0.05) is 12.1 Å². The number of hydrogen-bond acceptors (Lipinski definition) is 8. The van der Waals surface area contributed by atoms with Gasteiger partial charge in [0.2, 0.25) is 0 Å². The van der Waals surface area contributed by atoms with E-state index in [0.717, 1.165) is 22.0 Å². The van der Waals surface area contributed by atoms with Crippen LogP contribution in [0.15, 0.2) is 41.4 Å². The summed E-state index contributed by atoms with van der Waals surface area (Å²) in [7, 11) is 0. The minimum Gasteiger partial charge on any atom is -0.394 e. The molecule has 1 aromatic carbocycles. The van der Waals surface area contributed by atoms with E-state index in [9.17, 15) is 15.3 Å². The van der Waals surface area contributed by atoms with Gasteiger partial charge < -0.3 is 25.8 Å². The lowest BCUT2D eigenvalue weighted by Crippen LogP contribution is -2.33. The van der Waals surface area contributed by atoms with Crippen LogP contribution in [0.4, 0.5) is 5.82 Å². The van der Waals surface area contributed by atoms with Gasteiger partial charge in [0.15, 0.2) is 6.23 Å². The number of nitrogen functional groups attached to an aromatic ring is 1. The SMILES string of the molecule is Nc1ncnc2c1c1c(-c3ccsc3)cccc1n2[C@@H]1O[C@H](CO)[C@@H](O)[C@H]1O. The first-order chi connectivity index (χ1) is 13.6. The number of aliphatic hydroxyl groups excluding tert-OH is 3. The Labute approximate surface area is 163 Å². The summed E-state index contributed by atoms with van der Waals surface area (Å²) in [6.07, 6.45) is -2.87. The second-order valence-corrected chi connectivity index (χ2v) is 7.55. The van der Waals surface area contributed by atoms with Crippen molar-refractivity contribution in [3.63, 3.8) is 0 Å². The van der Waals surface area contributed by atoms with E-state index in [1.165, 1.54) is 6.33 Å². The molecular formula is C19H18N4O4S. The van der Waals surface area contributed by atoms with Gasteiger partial charge >= 0.3 is 0 Å². The van der Waals surface area contributed by atoms with E-state index in [1.54, 1.807) is 15.9 Å². The minimum atomic E-state index is -1.23. The summed E-state index contributed by atoms with van der Waals surface area (Å²) < 4.78 is 7.50. The van der Waals surface area contributed by atoms with E-state index in [1.807, 2.05) is 35.0 Å². The number of hydrogen-bond donors (Lipinski definition) is 4. The Balaban J connectivity index is 1.85. The van der Waals surface area contributed by atoms with Crippen LogP contribution in [0.2, 0.25) is 0 Å². The zero-order chi connectivity index (χ0) is 19.4. The average molecular weight is 398 g/mol. The van der Waals surface area contributed by atoms with Gasteiger partial charge in [-0.2, -0.15) is 11.3 Å². The molecule has 9 heteroatoms. The van der Waals surface area contributed by atoms with E-state index < -0.39 is 31.1 Å². The number of ether oxygens (including phenoxy) is 1. The standard InChI is InChI=1S/C19H18N4O4S/c20-17-14-13-10(9-4-5-28-7-9)2-1-3-11(13)23(18(14)22-8-21-17)19-16(26)15(25)12(6-24)27-19/h1-5,7-8,12,15-16,19,24-26H,6H2,(H2,20,21,22)/t12-,15-,16-,19-/m1/s1. The van der Waals surface area contributed by atoms with E-state index in [2.05, 4.69) is 9.97 Å². The number of anilines is 1. The molecule has 0 aliphatic carbocycles. The Bertz CT molecular complexity index is 1160. The van der Waals surface area contributed by atoms with Crippen molar-refractivity contribution in [2.45, 2.75) is 24.5 Å². The van der Waals surface area contributed by atoms with Crippen molar-refractivity contribution >= 4 is 39.1 Å². The molecule has 5 N–H and O–H groups in total. The number of nitrogens with zero attached hydrogens (tertiary/aromatic N) is 3. The highest BCUT2D eigenvalue weighted by atomic mass is 32.1. The Morgan fingerprint density at radius 2 is 2.00 bits per heavy atom. The van der Waals surface area contributed by atoms with Gasteiger partial charge in [0.05, 0.1) is 17.5 Å². The highest BCUT2D eigenvalue weighted by Crippen LogP contribution is 2.42. The smallest absolute Gasteiger partial charge is 0.165 e.